The highest BCUT2D eigenvalue weighted by Gasteiger charge is 2.34. The molecule has 1 aliphatic heterocycles. The maximum absolute atomic E-state index is 12.6. The summed E-state index contributed by atoms with van der Waals surface area (Å²) in [6.45, 7) is 5.63. The number of aryl methyl sites for hydroxylation is 1. The molecule has 0 spiro atoms. The minimum atomic E-state index is -0.342. The lowest BCUT2D eigenvalue weighted by Gasteiger charge is -2.12. The molecule has 1 fully saturated rings. The molecule has 1 aromatic heterocycles. The molecule has 8 heteroatoms. The summed E-state index contributed by atoms with van der Waals surface area (Å²) in [6.07, 6.45) is 7.92. The predicted octanol–water partition coefficient (Wildman–Crippen LogP) is 3.64. The fraction of sp³-hybridized carbons (Fsp3) is 0.364. The molecule has 158 valence electrons. The van der Waals surface area contributed by atoms with Gasteiger partial charge in [-0.2, -0.15) is 0 Å². The van der Waals surface area contributed by atoms with Crippen LogP contribution >= 0.6 is 11.8 Å². The van der Waals surface area contributed by atoms with Crippen LogP contribution in [0.2, 0.25) is 0 Å². The molecule has 1 saturated heterocycles. The molecule has 0 aliphatic carbocycles. The molecule has 3 amide bonds. The molecule has 1 aromatic carbocycles. The summed E-state index contributed by atoms with van der Waals surface area (Å²) in [5.74, 6) is -0.0814. The van der Waals surface area contributed by atoms with Crippen LogP contribution in [0.1, 0.15) is 43.7 Å². The number of aromatic nitrogens is 2. The topological polar surface area (TPSA) is 84.3 Å². The number of imidazole rings is 1. The molecule has 0 atom stereocenters. The Morgan fingerprint density at radius 2 is 1.97 bits per heavy atom. The van der Waals surface area contributed by atoms with E-state index in [2.05, 4.69) is 24.1 Å². The van der Waals surface area contributed by atoms with Gasteiger partial charge in [0.05, 0.1) is 11.2 Å². The Hall–Kier alpha value is -2.87. The number of hydrogen-bond donors (Lipinski definition) is 1. The molecule has 0 radical (unpaired) electrons. The van der Waals surface area contributed by atoms with Crippen molar-refractivity contribution in [3.8, 4) is 0 Å². The Bertz CT molecular complexity index is 920. The van der Waals surface area contributed by atoms with Gasteiger partial charge in [0.1, 0.15) is 0 Å². The van der Waals surface area contributed by atoms with Crippen LogP contribution < -0.4 is 5.32 Å². The molecule has 2 aromatic rings. The van der Waals surface area contributed by atoms with E-state index in [-0.39, 0.29) is 30.0 Å². The van der Waals surface area contributed by atoms with Crippen LogP contribution in [0.4, 0.5) is 4.79 Å². The molecule has 7 nitrogen and oxygen atoms in total. The Morgan fingerprint density at radius 1 is 1.20 bits per heavy atom. The number of carbonyl (C=O) groups is 3. The number of carbonyl (C=O) groups excluding carboxylic acids is 3. The maximum Gasteiger partial charge on any atom is 0.293 e. The van der Waals surface area contributed by atoms with E-state index in [0.717, 1.165) is 35.2 Å². The first-order valence-corrected chi connectivity index (χ1v) is 10.8. The van der Waals surface area contributed by atoms with Crippen LogP contribution in [0, 0.1) is 0 Å². The van der Waals surface area contributed by atoms with Crippen molar-refractivity contribution in [2.45, 2.75) is 39.2 Å². The van der Waals surface area contributed by atoms with Crippen LogP contribution in [0.15, 0.2) is 47.9 Å². The second kappa shape index (κ2) is 10.2. The summed E-state index contributed by atoms with van der Waals surface area (Å²) in [5.41, 5.74) is 2.09. The summed E-state index contributed by atoms with van der Waals surface area (Å²) >= 11 is 0.917. The van der Waals surface area contributed by atoms with E-state index < -0.39 is 0 Å². The predicted molar refractivity (Wildman–Crippen MR) is 118 cm³/mol. The van der Waals surface area contributed by atoms with E-state index in [4.69, 9.17) is 0 Å². The lowest BCUT2D eigenvalue weighted by Crippen LogP contribution is -2.34. The largest absolute Gasteiger partial charge is 0.356 e. The number of benzene rings is 1. The van der Waals surface area contributed by atoms with Crippen LogP contribution in [0.5, 0.6) is 0 Å². The standard InChI is InChI=1S/C22H26N4O3S/c1-16(2)18-6-4-17(5-7-18)14-19-21(28)26(22(29)30-19)12-8-20(27)24-9-3-11-25-13-10-23-15-25/h4-7,10,13-16H,3,8-9,11-12H2,1-2H3,(H,24,27). The van der Waals surface area contributed by atoms with E-state index in [1.165, 1.54) is 5.56 Å². The highest BCUT2D eigenvalue weighted by atomic mass is 32.2. The van der Waals surface area contributed by atoms with Gasteiger partial charge in [-0.3, -0.25) is 19.3 Å². The van der Waals surface area contributed by atoms with Crippen molar-refractivity contribution in [1.82, 2.24) is 19.8 Å². The Morgan fingerprint density at radius 3 is 2.63 bits per heavy atom. The summed E-state index contributed by atoms with van der Waals surface area (Å²) in [5, 5.41) is 2.49. The van der Waals surface area contributed by atoms with Crippen LogP contribution in [0.25, 0.3) is 6.08 Å². The maximum atomic E-state index is 12.6. The first-order valence-electron chi connectivity index (χ1n) is 10.0. The van der Waals surface area contributed by atoms with Crippen LogP contribution in [-0.2, 0) is 16.1 Å². The van der Waals surface area contributed by atoms with Crippen molar-refractivity contribution >= 4 is 34.9 Å². The Balaban J connectivity index is 1.46. The van der Waals surface area contributed by atoms with Gasteiger partial charge in [-0.15, -0.1) is 0 Å². The van der Waals surface area contributed by atoms with Gasteiger partial charge >= 0.3 is 0 Å². The molecular weight excluding hydrogens is 400 g/mol. The molecule has 0 bridgehead atoms. The quantitative estimate of drug-likeness (QED) is 0.489. The molecule has 0 saturated carbocycles. The summed E-state index contributed by atoms with van der Waals surface area (Å²) in [7, 11) is 0. The van der Waals surface area contributed by atoms with Crippen molar-refractivity contribution in [2.24, 2.45) is 0 Å². The van der Waals surface area contributed by atoms with Gasteiger partial charge in [0.25, 0.3) is 11.1 Å². The second-order valence-electron chi connectivity index (χ2n) is 7.41. The average molecular weight is 427 g/mol. The minimum Gasteiger partial charge on any atom is -0.356 e. The zero-order valence-electron chi connectivity index (χ0n) is 17.2. The van der Waals surface area contributed by atoms with E-state index in [0.29, 0.717) is 17.4 Å². The molecule has 30 heavy (non-hydrogen) atoms. The number of thioether (sulfide) groups is 1. The summed E-state index contributed by atoms with van der Waals surface area (Å²) in [6, 6.07) is 7.94. The smallest absolute Gasteiger partial charge is 0.293 e. The van der Waals surface area contributed by atoms with Crippen LogP contribution in [0.3, 0.4) is 0 Å². The molecule has 1 N–H and O–H groups in total. The van der Waals surface area contributed by atoms with Gasteiger partial charge in [0.15, 0.2) is 0 Å². The fourth-order valence-corrected chi connectivity index (χ4v) is 3.90. The first-order chi connectivity index (χ1) is 14.4. The average Bonchev–Trinajstić information content (AvgIpc) is 3.33. The SMILES string of the molecule is CC(C)c1ccc(C=C2SC(=O)N(CCC(=O)NCCCn3ccnc3)C2=O)cc1. The van der Waals surface area contributed by atoms with Crippen molar-refractivity contribution < 1.29 is 14.4 Å². The van der Waals surface area contributed by atoms with Gasteiger partial charge in [-0.1, -0.05) is 38.1 Å². The van der Waals surface area contributed by atoms with Crippen molar-refractivity contribution in [2.75, 3.05) is 13.1 Å². The normalized spacial score (nSPS) is 15.4. The number of amides is 3. The zero-order chi connectivity index (χ0) is 21.5. The van der Waals surface area contributed by atoms with Crippen molar-refractivity contribution in [1.29, 1.82) is 0 Å². The first kappa shape index (κ1) is 21.8. The molecule has 1 aliphatic rings. The summed E-state index contributed by atoms with van der Waals surface area (Å²) < 4.78 is 1.94. The van der Waals surface area contributed by atoms with Gasteiger partial charge in [0, 0.05) is 38.4 Å². The molecule has 2 heterocycles. The van der Waals surface area contributed by atoms with Crippen molar-refractivity contribution in [3.63, 3.8) is 0 Å². The second-order valence-corrected chi connectivity index (χ2v) is 8.40. The Kier molecular flexibility index (Phi) is 7.46. The number of nitrogens with one attached hydrogen (secondary N) is 1. The van der Waals surface area contributed by atoms with E-state index >= 15 is 0 Å². The monoisotopic (exact) mass is 426 g/mol. The number of rotatable bonds is 9. The fourth-order valence-electron chi connectivity index (χ4n) is 3.03. The third kappa shape index (κ3) is 5.82. The zero-order valence-corrected chi connectivity index (χ0v) is 18.0. The highest BCUT2D eigenvalue weighted by molar-refractivity contribution is 8.18. The lowest BCUT2D eigenvalue weighted by molar-refractivity contribution is -0.124. The summed E-state index contributed by atoms with van der Waals surface area (Å²) in [4.78, 5) is 42.3. The third-order valence-electron chi connectivity index (χ3n) is 4.81. The third-order valence-corrected chi connectivity index (χ3v) is 5.72. The number of nitrogens with zero attached hydrogens (tertiary/aromatic N) is 3. The van der Waals surface area contributed by atoms with Gasteiger partial charge < -0.3 is 9.88 Å². The molecule has 3 rings (SSSR count). The van der Waals surface area contributed by atoms with Gasteiger partial charge in [-0.25, -0.2) is 4.98 Å². The lowest BCUT2D eigenvalue weighted by atomic mass is 10.0. The van der Waals surface area contributed by atoms with Gasteiger partial charge in [0.2, 0.25) is 5.91 Å². The number of imide groups is 1. The number of hydrogen-bond acceptors (Lipinski definition) is 5. The van der Waals surface area contributed by atoms with Crippen LogP contribution in [-0.4, -0.2) is 44.6 Å². The highest BCUT2D eigenvalue weighted by Crippen LogP contribution is 2.32. The van der Waals surface area contributed by atoms with E-state index in [1.807, 2.05) is 35.0 Å². The molecular formula is C22H26N4O3S. The van der Waals surface area contributed by atoms with Crippen molar-refractivity contribution in [3.05, 3.63) is 59.0 Å². The van der Waals surface area contributed by atoms with E-state index in [9.17, 15) is 14.4 Å². The Labute approximate surface area is 180 Å². The van der Waals surface area contributed by atoms with Gasteiger partial charge in [-0.05, 0) is 41.3 Å². The molecule has 0 unspecified atom stereocenters. The minimum absolute atomic E-state index is 0.0850. The van der Waals surface area contributed by atoms with E-state index in [1.54, 1.807) is 18.6 Å².